The molecule has 1 aromatic carbocycles. The molecule has 1 heterocycles. The molecular formula is C12H16ClN3O. The number of primary amides is 1. The monoisotopic (exact) mass is 253 g/mol. The lowest BCUT2D eigenvalue weighted by atomic mass is 10.00. The fourth-order valence-corrected chi connectivity index (χ4v) is 2.26. The maximum Gasteiger partial charge on any atom is 0.250 e. The smallest absolute Gasteiger partial charge is 0.250 e. The van der Waals surface area contributed by atoms with Crippen LogP contribution in [-0.2, 0) is 0 Å². The largest absolute Gasteiger partial charge is 0.378 e. The van der Waals surface area contributed by atoms with Gasteiger partial charge in [-0.25, -0.2) is 0 Å². The molecule has 1 aliphatic heterocycles. The van der Waals surface area contributed by atoms with E-state index in [0.29, 0.717) is 16.3 Å². The lowest BCUT2D eigenvalue weighted by Gasteiger charge is -2.27. The Labute approximate surface area is 106 Å². The van der Waals surface area contributed by atoms with Crippen LogP contribution in [0, 0.1) is 0 Å². The molecule has 0 bridgehead atoms. The minimum Gasteiger partial charge on any atom is -0.378 e. The highest BCUT2D eigenvalue weighted by molar-refractivity contribution is 6.31. The number of anilines is 1. The molecule has 1 amide bonds. The Morgan fingerprint density at radius 1 is 1.59 bits per heavy atom. The van der Waals surface area contributed by atoms with Crippen LogP contribution in [-0.4, -0.2) is 24.5 Å². The van der Waals surface area contributed by atoms with Crippen molar-refractivity contribution >= 4 is 23.2 Å². The van der Waals surface area contributed by atoms with E-state index >= 15 is 0 Å². The Morgan fingerprint density at radius 3 is 2.94 bits per heavy atom. The van der Waals surface area contributed by atoms with Crippen LogP contribution in [0.25, 0.3) is 0 Å². The quantitative estimate of drug-likeness (QED) is 0.767. The number of nitrogens with one attached hydrogen (secondary N) is 2. The summed E-state index contributed by atoms with van der Waals surface area (Å²) in [6, 6.07) is 5.06. The van der Waals surface area contributed by atoms with Crippen LogP contribution in [0.4, 0.5) is 5.69 Å². The summed E-state index contributed by atoms with van der Waals surface area (Å²) in [6.07, 6.45) is 0.998. The van der Waals surface area contributed by atoms with E-state index < -0.39 is 5.91 Å². The number of amides is 1. The van der Waals surface area contributed by atoms with Crippen molar-refractivity contribution in [3.05, 3.63) is 28.8 Å². The molecule has 1 unspecified atom stereocenters. The molecule has 0 aliphatic carbocycles. The second-order valence-corrected chi connectivity index (χ2v) is 5.10. The summed E-state index contributed by atoms with van der Waals surface area (Å²) >= 11 is 5.94. The Hall–Kier alpha value is -1.26. The van der Waals surface area contributed by atoms with Gasteiger partial charge in [0, 0.05) is 22.8 Å². The molecule has 1 fully saturated rings. The average molecular weight is 254 g/mol. The Kier molecular flexibility index (Phi) is 3.26. The topological polar surface area (TPSA) is 67.1 Å². The van der Waals surface area contributed by atoms with E-state index in [1.807, 2.05) is 0 Å². The van der Waals surface area contributed by atoms with Crippen molar-refractivity contribution in [2.45, 2.75) is 18.9 Å². The Bertz CT molecular complexity index is 441. The van der Waals surface area contributed by atoms with Crippen molar-refractivity contribution in [2.24, 2.45) is 5.73 Å². The zero-order valence-electron chi connectivity index (χ0n) is 9.72. The fourth-order valence-electron chi connectivity index (χ4n) is 2.08. The van der Waals surface area contributed by atoms with Gasteiger partial charge in [-0.3, -0.25) is 4.79 Å². The fraction of sp³-hybridized carbons (Fsp3) is 0.417. The van der Waals surface area contributed by atoms with Crippen molar-refractivity contribution in [3.8, 4) is 0 Å². The lowest BCUT2D eigenvalue weighted by molar-refractivity contribution is 0.100. The van der Waals surface area contributed by atoms with Gasteiger partial charge in [-0.2, -0.15) is 0 Å². The van der Waals surface area contributed by atoms with E-state index in [1.165, 1.54) is 0 Å². The number of halogens is 1. The van der Waals surface area contributed by atoms with Crippen molar-refractivity contribution in [3.63, 3.8) is 0 Å². The summed E-state index contributed by atoms with van der Waals surface area (Å²) < 4.78 is 0. The van der Waals surface area contributed by atoms with E-state index in [0.717, 1.165) is 19.5 Å². The van der Waals surface area contributed by atoms with Gasteiger partial charge in [0.1, 0.15) is 0 Å². The third-order valence-electron chi connectivity index (χ3n) is 3.05. The molecular weight excluding hydrogens is 238 g/mol. The van der Waals surface area contributed by atoms with E-state index in [-0.39, 0.29) is 5.54 Å². The van der Waals surface area contributed by atoms with Crippen molar-refractivity contribution in [2.75, 3.05) is 18.4 Å². The minimum absolute atomic E-state index is 0.0606. The number of rotatable bonds is 3. The Balaban J connectivity index is 2.30. The molecule has 1 aromatic rings. The van der Waals surface area contributed by atoms with Gasteiger partial charge in [-0.05, 0) is 38.1 Å². The maximum atomic E-state index is 11.3. The zero-order valence-corrected chi connectivity index (χ0v) is 10.5. The third-order valence-corrected chi connectivity index (χ3v) is 3.29. The maximum absolute atomic E-state index is 11.3. The van der Waals surface area contributed by atoms with Gasteiger partial charge >= 0.3 is 0 Å². The Morgan fingerprint density at radius 2 is 2.35 bits per heavy atom. The van der Waals surface area contributed by atoms with Crippen LogP contribution in [0.2, 0.25) is 5.02 Å². The molecule has 4 N–H and O–H groups in total. The number of benzene rings is 1. The van der Waals surface area contributed by atoms with E-state index in [4.69, 9.17) is 17.3 Å². The number of nitrogens with two attached hydrogens (primary N) is 1. The highest BCUT2D eigenvalue weighted by Gasteiger charge is 2.29. The van der Waals surface area contributed by atoms with Crippen LogP contribution in [0.15, 0.2) is 18.2 Å². The van der Waals surface area contributed by atoms with Gasteiger partial charge in [-0.15, -0.1) is 0 Å². The number of hydrogen-bond donors (Lipinski definition) is 3. The van der Waals surface area contributed by atoms with Gasteiger partial charge in [0.15, 0.2) is 0 Å². The predicted molar refractivity (Wildman–Crippen MR) is 69.5 cm³/mol. The first-order valence-corrected chi connectivity index (χ1v) is 5.96. The highest BCUT2D eigenvalue weighted by atomic mass is 35.5. The zero-order chi connectivity index (χ0) is 12.5. The molecule has 1 saturated heterocycles. The van der Waals surface area contributed by atoms with E-state index in [9.17, 15) is 4.79 Å². The predicted octanol–water partition coefficient (Wildman–Crippen LogP) is 1.60. The second-order valence-electron chi connectivity index (χ2n) is 4.67. The number of hydrogen-bond acceptors (Lipinski definition) is 3. The van der Waals surface area contributed by atoms with Crippen LogP contribution in [0.5, 0.6) is 0 Å². The minimum atomic E-state index is -0.446. The first kappa shape index (κ1) is 12.2. The van der Waals surface area contributed by atoms with Crippen LogP contribution < -0.4 is 16.4 Å². The normalized spacial score (nSPS) is 23.6. The summed E-state index contributed by atoms with van der Waals surface area (Å²) in [5, 5.41) is 7.23. The molecule has 0 spiro atoms. The molecule has 5 heteroatoms. The third kappa shape index (κ3) is 2.70. The van der Waals surface area contributed by atoms with E-state index in [2.05, 4.69) is 17.6 Å². The molecule has 92 valence electrons. The highest BCUT2D eigenvalue weighted by Crippen LogP contribution is 2.26. The van der Waals surface area contributed by atoms with Crippen LogP contribution in [0.1, 0.15) is 23.7 Å². The first-order valence-electron chi connectivity index (χ1n) is 5.58. The summed E-state index contributed by atoms with van der Waals surface area (Å²) in [6.45, 7) is 3.94. The number of carbonyl (C=O) groups excluding carboxylic acids is 1. The molecule has 1 aliphatic rings. The summed E-state index contributed by atoms with van der Waals surface area (Å²) in [5.74, 6) is -0.446. The van der Waals surface area contributed by atoms with Crippen molar-refractivity contribution < 1.29 is 4.79 Å². The van der Waals surface area contributed by atoms with Gasteiger partial charge < -0.3 is 16.4 Å². The molecule has 1 atom stereocenters. The summed E-state index contributed by atoms with van der Waals surface area (Å²) in [4.78, 5) is 11.3. The molecule has 4 nitrogen and oxygen atoms in total. The van der Waals surface area contributed by atoms with Crippen LogP contribution >= 0.6 is 11.6 Å². The van der Waals surface area contributed by atoms with Crippen molar-refractivity contribution in [1.29, 1.82) is 0 Å². The number of carbonyl (C=O) groups is 1. The molecule has 2 rings (SSSR count). The summed E-state index contributed by atoms with van der Waals surface area (Å²) in [7, 11) is 0. The molecule has 0 aromatic heterocycles. The summed E-state index contributed by atoms with van der Waals surface area (Å²) in [5.41, 5.74) is 6.46. The molecule has 17 heavy (non-hydrogen) atoms. The SMILES string of the molecule is CC1(Nc2cc(Cl)ccc2C(N)=O)CCNC1. The molecule has 0 saturated carbocycles. The first-order chi connectivity index (χ1) is 8.00. The van der Waals surface area contributed by atoms with Gasteiger partial charge in [0.25, 0.3) is 5.91 Å². The van der Waals surface area contributed by atoms with Crippen LogP contribution in [0.3, 0.4) is 0 Å². The van der Waals surface area contributed by atoms with Crippen molar-refractivity contribution in [1.82, 2.24) is 5.32 Å². The van der Waals surface area contributed by atoms with Gasteiger partial charge in [0.05, 0.1) is 5.56 Å². The lowest BCUT2D eigenvalue weighted by Crippen LogP contribution is -2.37. The van der Waals surface area contributed by atoms with Gasteiger partial charge in [-0.1, -0.05) is 11.6 Å². The van der Waals surface area contributed by atoms with Gasteiger partial charge in [0.2, 0.25) is 0 Å². The standard InChI is InChI=1S/C12H16ClN3O/c1-12(4-5-15-7-12)16-10-6-8(13)2-3-9(10)11(14)17/h2-3,6,15-16H,4-5,7H2,1H3,(H2,14,17). The second kappa shape index (κ2) is 4.55. The van der Waals surface area contributed by atoms with E-state index in [1.54, 1.807) is 18.2 Å². The molecule has 0 radical (unpaired) electrons. The average Bonchev–Trinajstić information content (AvgIpc) is 2.64.